The van der Waals surface area contributed by atoms with Crippen LogP contribution in [0, 0.1) is 5.92 Å². The Hall–Kier alpha value is -1.56. The lowest BCUT2D eigenvalue weighted by molar-refractivity contribution is 0.772. The van der Waals surface area contributed by atoms with E-state index in [2.05, 4.69) is 54.7 Å². The third-order valence-corrected chi connectivity index (χ3v) is 3.55. The molecule has 0 N–H and O–H groups in total. The molecule has 16 heavy (non-hydrogen) atoms. The van der Waals surface area contributed by atoms with Gasteiger partial charge in [-0.15, -0.1) is 0 Å². The minimum atomic E-state index is 0.856. The number of allylic oxidation sites excluding steroid dienone is 12. The van der Waals surface area contributed by atoms with E-state index in [1.54, 1.807) is 5.57 Å². The van der Waals surface area contributed by atoms with Crippen molar-refractivity contribution in [3.8, 4) is 0 Å². The van der Waals surface area contributed by atoms with Crippen LogP contribution >= 0.6 is 0 Å². The first-order valence-electron chi connectivity index (χ1n) is 6.08. The predicted molar refractivity (Wildman–Crippen MR) is 69.0 cm³/mol. The zero-order chi connectivity index (χ0) is 10.8. The van der Waals surface area contributed by atoms with Crippen molar-refractivity contribution in [1.29, 1.82) is 0 Å². The first kappa shape index (κ1) is 9.65. The second-order valence-corrected chi connectivity index (χ2v) is 4.59. The summed E-state index contributed by atoms with van der Waals surface area (Å²) in [4.78, 5) is 0. The summed E-state index contributed by atoms with van der Waals surface area (Å²) in [5, 5.41) is 0. The minimum absolute atomic E-state index is 0.856. The van der Waals surface area contributed by atoms with Gasteiger partial charge in [-0.05, 0) is 36.3 Å². The van der Waals surface area contributed by atoms with Gasteiger partial charge in [-0.1, -0.05) is 60.3 Å². The van der Waals surface area contributed by atoms with E-state index in [-0.39, 0.29) is 0 Å². The van der Waals surface area contributed by atoms with Crippen LogP contribution in [0.25, 0.3) is 0 Å². The summed E-state index contributed by atoms with van der Waals surface area (Å²) >= 11 is 0. The van der Waals surface area contributed by atoms with Crippen LogP contribution in [0.3, 0.4) is 0 Å². The molecule has 0 aromatic carbocycles. The van der Waals surface area contributed by atoms with Crippen molar-refractivity contribution in [2.45, 2.75) is 19.3 Å². The molecular weight excluding hydrogens is 192 g/mol. The molecule has 80 valence electrons. The van der Waals surface area contributed by atoms with Crippen molar-refractivity contribution in [3.63, 3.8) is 0 Å². The Morgan fingerprint density at radius 1 is 0.875 bits per heavy atom. The second kappa shape index (κ2) is 4.13. The Morgan fingerprint density at radius 3 is 2.31 bits per heavy atom. The predicted octanol–water partition coefficient (Wildman–Crippen LogP) is 4.26. The Balaban J connectivity index is 0.000000101. The Kier molecular flexibility index (Phi) is 2.49. The highest BCUT2D eigenvalue weighted by atomic mass is 14.2. The highest BCUT2D eigenvalue weighted by molar-refractivity contribution is 5.59. The van der Waals surface area contributed by atoms with E-state index in [1.165, 1.54) is 30.4 Å². The average Bonchev–Trinajstić information content (AvgIpc) is 2.99. The van der Waals surface area contributed by atoms with Crippen LogP contribution in [-0.4, -0.2) is 0 Å². The fourth-order valence-corrected chi connectivity index (χ4v) is 2.64. The van der Waals surface area contributed by atoms with E-state index < -0.39 is 0 Å². The second-order valence-electron chi connectivity index (χ2n) is 4.59. The molecule has 0 saturated heterocycles. The molecule has 0 amide bonds. The Labute approximate surface area is 97.1 Å². The van der Waals surface area contributed by atoms with Gasteiger partial charge >= 0.3 is 0 Å². The molecule has 1 atom stereocenters. The fourth-order valence-electron chi connectivity index (χ4n) is 2.64. The van der Waals surface area contributed by atoms with Crippen molar-refractivity contribution >= 4 is 0 Å². The van der Waals surface area contributed by atoms with E-state index >= 15 is 0 Å². The van der Waals surface area contributed by atoms with Gasteiger partial charge in [0.1, 0.15) is 0 Å². The maximum atomic E-state index is 2.32. The molecule has 0 aromatic rings. The van der Waals surface area contributed by atoms with Crippen LogP contribution in [0.15, 0.2) is 71.4 Å². The summed E-state index contributed by atoms with van der Waals surface area (Å²) < 4.78 is 0. The average molecular weight is 208 g/mol. The number of fused-ring (bicyclic) bond motifs is 2. The lowest BCUT2D eigenvalue weighted by Crippen LogP contribution is -1.83. The third kappa shape index (κ3) is 1.76. The van der Waals surface area contributed by atoms with Crippen molar-refractivity contribution in [2.75, 3.05) is 0 Å². The lowest BCUT2D eigenvalue weighted by Gasteiger charge is -1.96. The molecule has 1 fully saturated rings. The first-order valence-corrected chi connectivity index (χ1v) is 6.08. The summed E-state index contributed by atoms with van der Waals surface area (Å²) in [6, 6.07) is 0. The summed E-state index contributed by atoms with van der Waals surface area (Å²) in [6.07, 6.45) is 23.6. The van der Waals surface area contributed by atoms with Crippen molar-refractivity contribution in [2.24, 2.45) is 5.92 Å². The smallest absolute Gasteiger partial charge is 0.00169 e. The highest BCUT2D eigenvalue weighted by Crippen LogP contribution is 2.34. The van der Waals surface area contributed by atoms with Crippen LogP contribution in [0.2, 0.25) is 0 Å². The normalized spacial score (nSPS) is 27.0. The summed E-state index contributed by atoms with van der Waals surface area (Å²) in [6.45, 7) is 0. The molecule has 4 rings (SSSR count). The van der Waals surface area contributed by atoms with Gasteiger partial charge in [0.15, 0.2) is 0 Å². The van der Waals surface area contributed by atoms with Crippen LogP contribution in [0.4, 0.5) is 0 Å². The zero-order valence-electron chi connectivity index (χ0n) is 9.39. The monoisotopic (exact) mass is 208 g/mol. The topological polar surface area (TPSA) is 0 Å². The lowest BCUT2D eigenvalue weighted by atomic mass is 10.1. The summed E-state index contributed by atoms with van der Waals surface area (Å²) in [7, 11) is 0. The Morgan fingerprint density at radius 2 is 1.62 bits per heavy atom. The van der Waals surface area contributed by atoms with E-state index in [4.69, 9.17) is 0 Å². The first-order chi connectivity index (χ1) is 7.93. The van der Waals surface area contributed by atoms with E-state index in [0.29, 0.717) is 0 Å². The van der Waals surface area contributed by atoms with Gasteiger partial charge in [0, 0.05) is 0 Å². The van der Waals surface area contributed by atoms with Crippen LogP contribution in [0.1, 0.15) is 19.3 Å². The molecule has 0 nitrogen and oxygen atoms in total. The van der Waals surface area contributed by atoms with Crippen LogP contribution < -0.4 is 0 Å². The molecule has 0 heterocycles. The molecule has 4 aliphatic rings. The van der Waals surface area contributed by atoms with Crippen molar-refractivity contribution in [1.82, 2.24) is 0 Å². The van der Waals surface area contributed by atoms with Crippen LogP contribution in [-0.2, 0) is 0 Å². The highest BCUT2D eigenvalue weighted by Gasteiger charge is 2.19. The maximum Gasteiger partial charge on any atom is -0.00169 e. The van der Waals surface area contributed by atoms with Gasteiger partial charge in [-0.3, -0.25) is 0 Å². The summed E-state index contributed by atoms with van der Waals surface area (Å²) in [5.41, 5.74) is 4.38. The van der Waals surface area contributed by atoms with Gasteiger partial charge in [-0.2, -0.15) is 0 Å². The van der Waals surface area contributed by atoms with Gasteiger partial charge in [-0.25, -0.2) is 0 Å². The SMILES string of the molecule is C1=CC2=CC=CC2=C1.C1=CC2CCCC2=C1. The minimum Gasteiger partial charge on any atom is -0.0773 e. The van der Waals surface area contributed by atoms with Gasteiger partial charge in [0.25, 0.3) is 0 Å². The molecule has 0 aliphatic heterocycles. The molecular formula is C16H16. The quantitative estimate of drug-likeness (QED) is 0.558. The zero-order valence-corrected chi connectivity index (χ0v) is 9.39. The Bertz CT molecular complexity index is 438. The molecule has 0 radical (unpaired) electrons. The summed E-state index contributed by atoms with van der Waals surface area (Å²) in [5.74, 6) is 0.856. The van der Waals surface area contributed by atoms with Crippen LogP contribution in [0.5, 0.6) is 0 Å². The molecule has 0 heteroatoms. The van der Waals surface area contributed by atoms with Gasteiger partial charge in [0.2, 0.25) is 0 Å². The molecule has 1 unspecified atom stereocenters. The molecule has 0 bridgehead atoms. The molecule has 1 saturated carbocycles. The van der Waals surface area contributed by atoms with Crippen molar-refractivity contribution < 1.29 is 0 Å². The van der Waals surface area contributed by atoms with Gasteiger partial charge < -0.3 is 0 Å². The van der Waals surface area contributed by atoms with Crippen molar-refractivity contribution in [3.05, 3.63) is 71.4 Å². The van der Waals surface area contributed by atoms with Gasteiger partial charge in [0.05, 0.1) is 0 Å². The largest absolute Gasteiger partial charge is 0.0773 e. The third-order valence-electron chi connectivity index (χ3n) is 3.55. The number of hydrogen-bond acceptors (Lipinski definition) is 0. The molecule has 4 aliphatic carbocycles. The maximum absolute atomic E-state index is 2.32. The molecule has 0 spiro atoms. The number of rotatable bonds is 0. The standard InChI is InChI=1S/C8H10.C8H6/c2*1-3-7-5-2-6-8(7)4-1/h1,3-4,7H,2,5-6H2;1-6H. The van der Waals surface area contributed by atoms with E-state index in [1.807, 2.05) is 0 Å². The number of hydrogen-bond donors (Lipinski definition) is 0. The fraction of sp³-hybridized carbons (Fsp3) is 0.250. The van der Waals surface area contributed by atoms with E-state index in [9.17, 15) is 0 Å². The van der Waals surface area contributed by atoms with E-state index in [0.717, 1.165) is 5.92 Å². The molecule has 0 aromatic heterocycles.